The molecule has 32 heavy (non-hydrogen) atoms. The highest BCUT2D eigenvalue weighted by molar-refractivity contribution is 5.84. The Morgan fingerprint density at radius 1 is 1.06 bits per heavy atom. The van der Waals surface area contributed by atoms with Gasteiger partial charge in [0.1, 0.15) is 18.0 Å². The van der Waals surface area contributed by atoms with Gasteiger partial charge in [0.05, 0.1) is 19.4 Å². The van der Waals surface area contributed by atoms with Gasteiger partial charge in [-0.15, -0.1) is 0 Å². The number of hydrogen-bond acceptors (Lipinski definition) is 4. The fourth-order valence-electron chi connectivity index (χ4n) is 6.44. The van der Waals surface area contributed by atoms with E-state index in [4.69, 9.17) is 15.2 Å². The third-order valence-corrected chi connectivity index (χ3v) is 8.69. The molecular formula is C26H35FN2O3. The second-order valence-corrected chi connectivity index (χ2v) is 10.5. The smallest absolute Gasteiger partial charge is 0.228 e. The molecule has 5 fully saturated rings. The van der Waals surface area contributed by atoms with Crippen molar-refractivity contribution in [1.82, 2.24) is 4.90 Å². The van der Waals surface area contributed by atoms with Gasteiger partial charge >= 0.3 is 0 Å². The van der Waals surface area contributed by atoms with Crippen LogP contribution in [0.5, 0.6) is 5.75 Å². The molecule has 2 N–H and O–H groups in total. The summed E-state index contributed by atoms with van der Waals surface area (Å²) in [5.41, 5.74) is 7.25. The Morgan fingerprint density at radius 3 is 2.31 bits per heavy atom. The lowest BCUT2D eigenvalue weighted by atomic mass is 9.51. The summed E-state index contributed by atoms with van der Waals surface area (Å²) in [5, 5.41) is 0. The molecule has 1 aromatic rings. The van der Waals surface area contributed by atoms with Crippen LogP contribution >= 0.6 is 0 Å². The summed E-state index contributed by atoms with van der Waals surface area (Å²) in [6.07, 6.45) is 10.1. The predicted octanol–water partition coefficient (Wildman–Crippen LogP) is 4.25. The van der Waals surface area contributed by atoms with Gasteiger partial charge in [-0.1, -0.05) is 12.1 Å². The second-order valence-electron chi connectivity index (χ2n) is 10.5. The van der Waals surface area contributed by atoms with Crippen molar-refractivity contribution in [1.29, 1.82) is 0 Å². The summed E-state index contributed by atoms with van der Waals surface area (Å²) in [7, 11) is 0. The molecule has 3 aliphatic carbocycles. The molecule has 174 valence electrons. The molecule has 2 bridgehead atoms. The van der Waals surface area contributed by atoms with Crippen molar-refractivity contribution in [3.05, 3.63) is 41.7 Å². The first kappa shape index (κ1) is 21.9. The first-order chi connectivity index (χ1) is 15.5. The van der Waals surface area contributed by atoms with Gasteiger partial charge < -0.3 is 20.1 Å². The highest BCUT2D eigenvalue weighted by Crippen LogP contribution is 2.59. The van der Waals surface area contributed by atoms with Crippen molar-refractivity contribution in [2.45, 2.75) is 68.8 Å². The Hall–Kier alpha value is -1.92. The van der Waals surface area contributed by atoms with Gasteiger partial charge in [0.2, 0.25) is 5.91 Å². The lowest BCUT2D eigenvalue weighted by molar-refractivity contribution is -0.192. The molecule has 1 aromatic carbocycles. The molecule has 5 aliphatic rings. The first-order valence-electron chi connectivity index (χ1n) is 12.2. The summed E-state index contributed by atoms with van der Waals surface area (Å²) in [4.78, 5) is 15.5. The lowest BCUT2D eigenvalue weighted by Gasteiger charge is -2.58. The first-order valence-corrected chi connectivity index (χ1v) is 12.2. The SMILES string of the molecule is NC/C(=C\F)COc1ccc(C23CCC(C(=O)N4CC5(CCCCO5)C4)(CC2)CC3)cc1. The fraction of sp³-hybridized carbons (Fsp3) is 0.654. The Morgan fingerprint density at radius 2 is 1.75 bits per heavy atom. The fourth-order valence-corrected chi connectivity index (χ4v) is 6.44. The van der Waals surface area contributed by atoms with Gasteiger partial charge in [-0.3, -0.25) is 4.79 Å². The number of nitrogens with two attached hydrogens (primary N) is 1. The van der Waals surface area contributed by atoms with Gasteiger partial charge in [0.15, 0.2) is 0 Å². The van der Waals surface area contributed by atoms with Crippen LogP contribution in [0.15, 0.2) is 36.2 Å². The number of carbonyl (C=O) groups is 1. The van der Waals surface area contributed by atoms with E-state index < -0.39 is 0 Å². The molecule has 6 rings (SSSR count). The molecule has 3 saturated carbocycles. The quantitative estimate of drug-likeness (QED) is 0.715. The average Bonchev–Trinajstić information content (AvgIpc) is 2.84. The minimum atomic E-state index is -0.154. The molecule has 2 saturated heterocycles. The van der Waals surface area contributed by atoms with Crippen LogP contribution in [0, 0.1) is 5.41 Å². The van der Waals surface area contributed by atoms with E-state index in [1.807, 2.05) is 12.1 Å². The van der Waals surface area contributed by atoms with E-state index >= 15 is 0 Å². The van der Waals surface area contributed by atoms with Gasteiger partial charge in [-0.2, -0.15) is 0 Å². The zero-order valence-corrected chi connectivity index (χ0v) is 18.9. The Kier molecular flexibility index (Phi) is 5.79. The van der Waals surface area contributed by atoms with E-state index in [-0.39, 0.29) is 29.6 Å². The van der Waals surface area contributed by atoms with E-state index in [1.54, 1.807) is 0 Å². The number of carbonyl (C=O) groups excluding carboxylic acids is 1. The molecule has 5 nitrogen and oxygen atoms in total. The average molecular weight is 443 g/mol. The van der Waals surface area contributed by atoms with Gasteiger partial charge in [0, 0.05) is 24.1 Å². The molecule has 2 aliphatic heterocycles. The van der Waals surface area contributed by atoms with Crippen LogP contribution in [0.2, 0.25) is 0 Å². The molecule has 0 unspecified atom stereocenters. The maximum atomic E-state index is 13.5. The number of ether oxygens (including phenoxy) is 2. The highest BCUT2D eigenvalue weighted by atomic mass is 19.1. The van der Waals surface area contributed by atoms with Crippen LogP contribution in [0.25, 0.3) is 0 Å². The third kappa shape index (κ3) is 3.75. The molecule has 0 aromatic heterocycles. The van der Waals surface area contributed by atoms with E-state index in [9.17, 15) is 9.18 Å². The lowest BCUT2D eigenvalue weighted by Crippen LogP contribution is -2.68. The summed E-state index contributed by atoms with van der Waals surface area (Å²) in [6.45, 7) is 2.77. The zero-order chi connectivity index (χ0) is 22.2. The van der Waals surface area contributed by atoms with E-state index in [0.717, 1.165) is 76.8 Å². The van der Waals surface area contributed by atoms with E-state index in [0.29, 0.717) is 17.8 Å². The Balaban J connectivity index is 1.19. The van der Waals surface area contributed by atoms with Gasteiger partial charge in [0.25, 0.3) is 0 Å². The van der Waals surface area contributed by atoms with Crippen molar-refractivity contribution in [2.24, 2.45) is 11.1 Å². The van der Waals surface area contributed by atoms with Crippen molar-refractivity contribution >= 4 is 5.91 Å². The van der Waals surface area contributed by atoms with E-state index in [1.165, 1.54) is 12.0 Å². The zero-order valence-electron chi connectivity index (χ0n) is 18.9. The van der Waals surface area contributed by atoms with Crippen LogP contribution in [0.3, 0.4) is 0 Å². The number of rotatable bonds is 6. The van der Waals surface area contributed by atoms with Crippen LogP contribution < -0.4 is 10.5 Å². The largest absolute Gasteiger partial charge is 0.489 e. The number of amides is 1. The van der Waals surface area contributed by atoms with E-state index in [2.05, 4.69) is 17.0 Å². The molecule has 0 radical (unpaired) electrons. The maximum absolute atomic E-state index is 13.5. The molecule has 0 atom stereocenters. The van der Waals surface area contributed by atoms with Crippen LogP contribution in [0.1, 0.15) is 63.4 Å². The second kappa shape index (κ2) is 8.45. The molecule has 6 heteroatoms. The number of fused-ring (bicyclic) bond motifs is 3. The molecule has 2 heterocycles. The van der Waals surface area contributed by atoms with Crippen molar-refractivity contribution in [2.75, 3.05) is 32.8 Å². The minimum Gasteiger partial charge on any atom is -0.489 e. The predicted molar refractivity (Wildman–Crippen MR) is 121 cm³/mol. The molecule has 1 spiro atoms. The van der Waals surface area contributed by atoms with Gasteiger partial charge in [-0.05, 0) is 80.9 Å². The minimum absolute atomic E-state index is 0.0353. The summed E-state index contributed by atoms with van der Waals surface area (Å²) < 4.78 is 24.4. The Labute approximate surface area is 190 Å². The number of hydrogen-bond donors (Lipinski definition) is 1. The summed E-state index contributed by atoms with van der Waals surface area (Å²) in [6, 6.07) is 8.25. The van der Waals surface area contributed by atoms with Crippen molar-refractivity contribution < 1.29 is 18.7 Å². The topological polar surface area (TPSA) is 64.8 Å². The highest BCUT2D eigenvalue weighted by Gasteiger charge is 2.57. The number of likely N-dealkylation sites (tertiary alicyclic amines) is 1. The molecule has 1 amide bonds. The van der Waals surface area contributed by atoms with Crippen LogP contribution in [-0.2, 0) is 14.9 Å². The summed E-state index contributed by atoms with van der Waals surface area (Å²) >= 11 is 0. The monoisotopic (exact) mass is 442 g/mol. The normalized spacial score (nSPS) is 31.4. The number of benzene rings is 1. The number of halogens is 1. The van der Waals surface area contributed by atoms with Crippen LogP contribution in [0.4, 0.5) is 4.39 Å². The maximum Gasteiger partial charge on any atom is 0.228 e. The van der Waals surface area contributed by atoms with Crippen molar-refractivity contribution in [3.8, 4) is 5.75 Å². The van der Waals surface area contributed by atoms with Crippen LogP contribution in [-0.4, -0.2) is 49.3 Å². The number of nitrogens with zero attached hydrogens (tertiary/aromatic N) is 1. The Bertz CT molecular complexity index is 843. The standard InChI is InChI=1S/C26H35FN2O3/c27-15-20(16-28)17-31-22-5-3-21(4-6-22)24-8-11-25(12-9-24,13-10-24)23(30)29-18-26(19-29)7-1-2-14-32-26/h3-6,15H,1-2,7-14,16-19,28H2/b20-15+. The summed E-state index contributed by atoms with van der Waals surface area (Å²) in [5.74, 6) is 1.11. The van der Waals surface area contributed by atoms with Gasteiger partial charge in [-0.25, -0.2) is 4.39 Å². The van der Waals surface area contributed by atoms with Crippen molar-refractivity contribution in [3.63, 3.8) is 0 Å². The molecular weight excluding hydrogens is 407 g/mol. The third-order valence-electron chi connectivity index (χ3n) is 8.69.